The lowest BCUT2D eigenvalue weighted by Gasteiger charge is -2.56. The smallest absolute Gasteiger partial charge is 0.507 e. The zero-order valence-electron chi connectivity index (χ0n) is 33.0. The van der Waals surface area contributed by atoms with Crippen LogP contribution < -0.4 is 14.4 Å². The molecular weight excluding hydrogens is 683 g/mol. The Morgan fingerprint density at radius 3 is 2.29 bits per heavy atom. The number of unbranched alkanes of at least 4 members (excludes halogenated alkanes) is 1. The quantitative estimate of drug-likeness (QED) is 0.0674. The van der Waals surface area contributed by atoms with Gasteiger partial charge >= 0.3 is 6.16 Å². The highest BCUT2D eigenvalue weighted by atomic mass is 28.4. The summed E-state index contributed by atoms with van der Waals surface area (Å²) >= 11 is 0. The van der Waals surface area contributed by atoms with Crippen LogP contribution in [0.3, 0.4) is 0 Å². The third-order valence-corrected chi connectivity index (χ3v) is 15.2. The molecule has 0 saturated heterocycles. The van der Waals surface area contributed by atoms with Crippen molar-refractivity contribution in [2.75, 3.05) is 39.7 Å². The number of anilines is 1. The predicted molar refractivity (Wildman–Crippen MR) is 201 cm³/mol. The van der Waals surface area contributed by atoms with Gasteiger partial charge in [0.15, 0.2) is 19.7 Å². The van der Waals surface area contributed by atoms with Crippen LogP contribution in [0, 0.1) is 11.8 Å². The summed E-state index contributed by atoms with van der Waals surface area (Å²) in [6.07, 6.45) is 0.852. The second kappa shape index (κ2) is 13.5. The zero-order valence-corrected chi connectivity index (χ0v) is 34.0. The number of ketones is 2. The van der Waals surface area contributed by atoms with E-state index in [1.54, 1.807) is 32.9 Å². The minimum Gasteiger partial charge on any atom is -0.507 e. The molecule has 1 aromatic carbocycles. The molecule has 3 aliphatic carbocycles. The van der Waals surface area contributed by atoms with E-state index in [-0.39, 0.29) is 40.5 Å². The van der Waals surface area contributed by atoms with Gasteiger partial charge in [-0.2, -0.15) is 0 Å². The second-order valence-corrected chi connectivity index (χ2v) is 21.8. The molecule has 284 valence electrons. The van der Waals surface area contributed by atoms with Gasteiger partial charge in [-0.1, -0.05) is 46.3 Å². The molecule has 12 nitrogen and oxygen atoms in total. The molecule has 1 N–H and O–H groups in total. The van der Waals surface area contributed by atoms with Crippen molar-refractivity contribution >= 4 is 37.5 Å². The number of aromatic nitrogens is 1. The molecule has 0 unspecified atom stereocenters. The Hall–Kier alpha value is -3.94. The number of ether oxygens (including phenoxy) is 3. The average molecular weight is 738 g/mol. The van der Waals surface area contributed by atoms with Gasteiger partial charge in [0.05, 0.1) is 18.2 Å². The summed E-state index contributed by atoms with van der Waals surface area (Å²) in [5, 5.41) is 16.2. The first-order valence-corrected chi connectivity index (χ1v) is 20.9. The Morgan fingerprint density at radius 1 is 1.08 bits per heavy atom. The van der Waals surface area contributed by atoms with Crippen molar-refractivity contribution < 1.29 is 42.6 Å². The van der Waals surface area contributed by atoms with Crippen LogP contribution in [0.25, 0.3) is 5.76 Å². The molecule has 0 bridgehead atoms. The van der Waals surface area contributed by atoms with Crippen LogP contribution in [0.4, 0.5) is 10.5 Å². The van der Waals surface area contributed by atoms with Gasteiger partial charge < -0.3 is 33.2 Å². The molecule has 1 saturated carbocycles. The molecule has 1 aromatic heterocycles. The van der Waals surface area contributed by atoms with Gasteiger partial charge in [-0.25, -0.2) is 4.79 Å². The SMILES string of the molecule is C=C1[C@@H]2Cc3c(N(C)C)ccc(OC(=O)OC(C)(C)C)c3C(O)=C2C(=O)[C@]2(O[Si](C)(C)C(C)(C)C)C(=O)c3c(OCCCC)noc3[C@@H](N(C)C)[C@H]12. The summed E-state index contributed by atoms with van der Waals surface area (Å²) in [7, 11) is 4.48. The average Bonchev–Trinajstić information content (AvgIpc) is 3.42. The van der Waals surface area contributed by atoms with Gasteiger partial charge in [0, 0.05) is 37.2 Å². The Labute approximate surface area is 308 Å². The number of hydrogen-bond donors (Lipinski definition) is 1. The fraction of sp³-hybridized carbons (Fsp3) is 0.590. The first-order chi connectivity index (χ1) is 24.0. The number of Topliss-reactive ketones (excluding diaryl/α,β-unsaturated/α-hetero) is 2. The maximum absolute atomic E-state index is 15.7. The predicted octanol–water partition coefficient (Wildman–Crippen LogP) is 7.69. The Kier molecular flexibility index (Phi) is 10.2. The van der Waals surface area contributed by atoms with Crippen molar-refractivity contribution in [2.24, 2.45) is 11.8 Å². The summed E-state index contributed by atoms with van der Waals surface area (Å²) in [5.41, 5.74) is -0.819. The minimum absolute atomic E-state index is 0.00774. The van der Waals surface area contributed by atoms with Gasteiger partial charge in [0.25, 0.3) is 5.88 Å². The molecule has 0 spiro atoms. The molecule has 1 heterocycles. The van der Waals surface area contributed by atoms with Crippen molar-refractivity contribution in [2.45, 2.75) is 103 Å². The summed E-state index contributed by atoms with van der Waals surface area (Å²) in [5.74, 6) is -3.01. The first kappa shape index (κ1) is 39.3. The number of rotatable bonds is 9. The zero-order chi connectivity index (χ0) is 38.9. The lowest BCUT2D eigenvalue weighted by atomic mass is 9.55. The van der Waals surface area contributed by atoms with Crippen molar-refractivity contribution in [3.63, 3.8) is 0 Å². The standard InChI is InChI=1S/C39H55N3O9Si/c1-15-16-19-47-35-28-32(50-40-35)30(42(11)12)29-21(2)22-20-23-24(41(9)10)17-18-25(48-36(46)49-37(3,4)5)26(23)31(43)27(22)33(44)39(29,34(28)45)51-52(13,14)38(6,7)8/h17-18,22,29-30,43H,2,15-16,19-20H2,1,3-14H3/t22-,29-,30-,39-/m0/s1. The number of aliphatic hydroxyl groups excluding tert-OH is 1. The normalized spacial score (nSPS) is 23.2. The molecule has 2 aromatic rings. The van der Waals surface area contributed by atoms with Crippen LogP contribution in [-0.2, 0) is 20.4 Å². The van der Waals surface area contributed by atoms with E-state index in [0.29, 0.717) is 17.7 Å². The third kappa shape index (κ3) is 6.38. The molecule has 52 heavy (non-hydrogen) atoms. The van der Waals surface area contributed by atoms with Gasteiger partial charge in [0.1, 0.15) is 22.7 Å². The number of benzene rings is 1. The third-order valence-electron chi connectivity index (χ3n) is 10.8. The molecule has 1 fully saturated rings. The van der Waals surface area contributed by atoms with Gasteiger partial charge in [-0.15, -0.1) is 0 Å². The van der Waals surface area contributed by atoms with Gasteiger partial charge in [-0.05, 0) is 88.7 Å². The lowest BCUT2D eigenvalue weighted by molar-refractivity contribution is -0.136. The van der Waals surface area contributed by atoms with Crippen molar-refractivity contribution in [1.29, 1.82) is 0 Å². The summed E-state index contributed by atoms with van der Waals surface area (Å²) in [6.45, 7) is 22.2. The van der Waals surface area contributed by atoms with Crippen LogP contribution in [0.15, 0.2) is 34.4 Å². The number of nitrogens with zero attached hydrogens (tertiary/aromatic N) is 3. The summed E-state index contributed by atoms with van der Waals surface area (Å²) in [6, 6.07) is 2.67. The highest BCUT2D eigenvalue weighted by molar-refractivity contribution is 6.74. The minimum atomic E-state index is -2.96. The Balaban J connectivity index is 1.82. The van der Waals surface area contributed by atoms with Gasteiger partial charge in [-0.3, -0.25) is 14.5 Å². The van der Waals surface area contributed by atoms with Crippen LogP contribution in [0.5, 0.6) is 11.6 Å². The van der Waals surface area contributed by atoms with E-state index in [2.05, 4.69) is 11.7 Å². The van der Waals surface area contributed by atoms with Crippen LogP contribution in [0.1, 0.15) is 94.6 Å². The topological polar surface area (TPSA) is 141 Å². The van der Waals surface area contributed by atoms with Gasteiger partial charge in [0.2, 0.25) is 11.6 Å². The molecule has 0 aliphatic heterocycles. The van der Waals surface area contributed by atoms with Crippen molar-refractivity contribution in [1.82, 2.24) is 10.1 Å². The van der Waals surface area contributed by atoms with Crippen LogP contribution in [-0.4, -0.2) is 87.2 Å². The summed E-state index contributed by atoms with van der Waals surface area (Å²) < 4.78 is 30.3. The van der Waals surface area contributed by atoms with Crippen LogP contribution >= 0.6 is 0 Å². The fourth-order valence-corrected chi connectivity index (χ4v) is 8.74. The van der Waals surface area contributed by atoms with Crippen LogP contribution in [0.2, 0.25) is 18.1 Å². The molecule has 5 rings (SSSR count). The number of carbonyl (C=O) groups is 3. The van der Waals surface area contributed by atoms with Crippen molar-refractivity contribution in [3.05, 3.63) is 52.3 Å². The van der Waals surface area contributed by atoms with E-state index in [1.165, 1.54) is 0 Å². The first-order valence-electron chi connectivity index (χ1n) is 17.9. The Bertz CT molecular complexity index is 1830. The molecule has 3 aliphatic rings. The number of carbonyl (C=O) groups excluding carboxylic acids is 3. The molecular formula is C39H55N3O9Si. The fourth-order valence-electron chi connectivity index (χ4n) is 7.31. The highest BCUT2D eigenvalue weighted by Crippen LogP contribution is 2.61. The van der Waals surface area contributed by atoms with E-state index in [0.717, 1.165) is 18.5 Å². The van der Waals surface area contributed by atoms with E-state index in [4.69, 9.17) is 23.2 Å². The van der Waals surface area contributed by atoms with E-state index in [9.17, 15) is 9.90 Å². The maximum Gasteiger partial charge on any atom is 0.514 e. The molecule has 13 heteroatoms. The molecule has 4 atom stereocenters. The number of fused-ring (bicyclic) bond motifs is 4. The monoisotopic (exact) mass is 737 g/mol. The lowest BCUT2D eigenvalue weighted by Crippen LogP contribution is -2.68. The van der Waals surface area contributed by atoms with E-state index < -0.39 is 65.9 Å². The number of aliphatic hydroxyl groups is 1. The molecule has 0 radical (unpaired) electrons. The number of hydrogen-bond acceptors (Lipinski definition) is 12. The summed E-state index contributed by atoms with van der Waals surface area (Å²) in [4.78, 5) is 47.8. The maximum atomic E-state index is 15.7. The molecule has 0 amide bonds. The van der Waals surface area contributed by atoms with Crippen molar-refractivity contribution in [3.8, 4) is 11.6 Å². The van der Waals surface area contributed by atoms with E-state index >= 15 is 9.59 Å². The second-order valence-electron chi connectivity index (χ2n) is 17.1. The van der Waals surface area contributed by atoms with E-state index in [1.807, 2.05) is 78.8 Å². The Morgan fingerprint density at radius 2 is 1.73 bits per heavy atom. The highest BCUT2D eigenvalue weighted by Gasteiger charge is 2.70. The largest absolute Gasteiger partial charge is 0.514 e.